The highest BCUT2D eigenvalue weighted by atomic mass is 16.3. The molecule has 0 aromatic heterocycles. The van der Waals surface area contributed by atoms with E-state index in [9.17, 15) is 5.11 Å². The van der Waals surface area contributed by atoms with E-state index in [2.05, 4.69) is 17.1 Å². The molecular formula is C12H24N2O. The third-order valence-electron chi connectivity index (χ3n) is 3.43. The summed E-state index contributed by atoms with van der Waals surface area (Å²) in [5.74, 6) is 0.694. The normalized spacial score (nSPS) is 34.6. The van der Waals surface area contributed by atoms with Crippen molar-refractivity contribution in [3.63, 3.8) is 0 Å². The van der Waals surface area contributed by atoms with Gasteiger partial charge in [0.2, 0.25) is 0 Å². The standard InChI is InChI=1S/C12H24N2O/c1-10(7-13-11-3-4-11)8-14-6-5-12(2,15)9-14/h10-11,13,15H,3-9H2,1-2H3. The Morgan fingerprint density at radius 3 is 2.80 bits per heavy atom. The molecule has 2 rings (SSSR count). The third kappa shape index (κ3) is 3.74. The largest absolute Gasteiger partial charge is 0.389 e. The summed E-state index contributed by atoms with van der Waals surface area (Å²) in [7, 11) is 0. The molecular weight excluding hydrogens is 188 g/mol. The fraction of sp³-hybridized carbons (Fsp3) is 1.00. The molecule has 1 saturated heterocycles. The summed E-state index contributed by atoms with van der Waals surface area (Å²) in [5, 5.41) is 13.4. The molecule has 2 N–H and O–H groups in total. The smallest absolute Gasteiger partial charge is 0.0758 e. The van der Waals surface area contributed by atoms with E-state index in [-0.39, 0.29) is 0 Å². The van der Waals surface area contributed by atoms with Crippen LogP contribution in [-0.4, -0.2) is 47.8 Å². The molecule has 3 heteroatoms. The summed E-state index contributed by atoms with van der Waals surface area (Å²) in [5.41, 5.74) is -0.441. The quantitative estimate of drug-likeness (QED) is 0.708. The second-order valence-electron chi connectivity index (χ2n) is 5.77. The van der Waals surface area contributed by atoms with Crippen molar-refractivity contribution in [2.45, 2.75) is 44.8 Å². The molecule has 2 fully saturated rings. The maximum atomic E-state index is 9.85. The van der Waals surface area contributed by atoms with Crippen LogP contribution < -0.4 is 5.32 Å². The van der Waals surface area contributed by atoms with Gasteiger partial charge in [-0.25, -0.2) is 0 Å². The van der Waals surface area contributed by atoms with Crippen molar-refractivity contribution in [1.82, 2.24) is 10.2 Å². The minimum Gasteiger partial charge on any atom is -0.389 e. The summed E-state index contributed by atoms with van der Waals surface area (Å²) in [4.78, 5) is 2.39. The lowest BCUT2D eigenvalue weighted by atomic mass is 10.1. The van der Waals surface area contributed by atoms with Gasteiger partial charge >= 0.3 is 0 Å². The number of hydrogen-bond donors (Lipinski definition) is 2. The van der Waals surface area contributed by atoms with Crippen LogP contribution in [0.4, 0.5) is 0 Å². The second-order valence-corrected chi connectivity index (χ2v) is 5.77. The van der Waals surface area contributed by atoms with Gasteiger partial charge < -0.3 is 15.3 Å². The Kier molecular flexibility index (Phi) is 3.33. The Balaban J connectivity index is 1.63. The molecule has 0 aromatic carbocycles. The number of nitrogens with one attached hydrogen (secondary N) is 1. The van der Waals surface area contributed by atoms with Crippen molar-refractivity contribution in [3.05, 3.63) is 0 Å². The molecule has 0 spiro atoms. The molecule has 1 aliphatic heterocycles. The summed E-state index contributed by atoms with van der Waals surface area (Å²) in [6.45, 7) is 8.39. The van der Waals surface area contributed by atoms with Gasteiger partial charge in [-0.3, -0.25) is 0 Å². The molecule has 0 amide bonds. The third-order valence-corrected chi connectivity index (χ3v) is 3.43. The van der Waals surface area contributed by atoms with Crippen LogP contribution in [0, 0.1) is 5.92 Å². The predicted molar refractivity (Wildman–Crippen MR) is 61.9 cm³/mol. The van der Waals surface area contributed by atoms with Crippen LogP contribution in [-0.2, 0) is 0 Å². The molecule has 0 aromatic rings. The van der Waals surface area contributed by atoms with E-state index in [4.69, 9.17) is 0 Å². The van der Waals surface area contributed by atoms with Gasteiger partial charge in [0.15, 0.2) is 0 Å². The molecule has 1 aliphatic carbocycles. The van der Waals surface area contributed by atoms with Crippen LogP contribution in [0.1, 0.15) is 33.1 Å². The maximum Gasteiger partial charge on any atom is 0.0758 e. The van der Waals surface area contributed by atoms with Crippen molar-refractivity contribution < 1.29 is 5.11 Å². The van der Waals surface area contributed by atoms with Gasteiger partial charge in [-0.1, -0.05) is 6.92 Å². The van der Waals surface area contributed by atoms with Gasteiger partial charge in [-0.2, -0.15) is 0 Å². The van der Waals surface area contributed by atoms with E-state index < -0.39 is 5.60 Å². The average molecular weight is 212 g/mol. The molecule has 0 radical (unpaired) electrons. The van der Waals surface area contributed by atoms with E-state index >= 15 is 0 Å². The van der Waals surface area contributed by atoms with E-state index in [0.29, 0.717) is 5.92 Å². The molecule has 15 heavy (non-hydrogen) atoms. The highest BCUT2D eigenvalue weighted by molar-refractivity contribution is 4.87. The number of hydrogen-bond acceptors (Lipinski definition) is 3. The number of likely N-dealkylation sites (tertiary alicyclic amines) is 1. The molecule has 2 aliphatic rings. The Bertz CT molecular complexity index is 214. The molecule has 2 atom stereocenters. The zero-order valence-corrected chi connectivity index (χ0v) is 10.00. The first kappa shape index (κ1) is 11.4. The number of rotatable bonds is 5. The van der Waals surface area contributed by atoms with Crippen LogP contribution in [0.5, 0.6) is 0 Å². The first-order chi connectivity index (χ1) is 7.05. The Morgan fingerprint density at radius 1 is 1.53 bits per heavy atom. The van der Waals surface area contributed by atoms with Gasteiger partial charge in [-0.05, 0) is 38.6 Å². The minimum absolute atomic E-state index is 0.441. The Labute approximate surface area is 92.8 Å². The zero-order valence-electron chi connectivity index (χ0n) is 10.00. The SMILES string of the molecule is CC(CNC1CC1)CN1CCC(C)(O)C1. The molecule has 1 heterocycles. The van der Waals surface area contributed by atoms with Crippen molar-refractivity contribution in [2.75, 3.05) is 26.2 Å². The van der Waals surface area contributed by atoms with Gasteiger partial charge in [0.25, 0.3) is 0 Å². The molecule has 2 unspecified atom stereocenters. The minimum atomic E-state index is -0.441. The fourth-order valence-electron chi connectivity index (χ4n) is 2.36. The van der Waals surface area contributed by atoms with Gasteiger partial charge in [0.05, 0.1) is 5.60 Å². The molecule has 88 valence electrons. The van der Waals surface area contributed by atoms with E-state index in [1.165, 1.54) is 12.8 Å². The lowest BCUT2D eigenvalue weighted by Crippen LogP contribution is -2.35. The van der Waals surface area contributed by atoms with Crippen LogP contribution >= 0.6 is 0 Å². The summed E-state index contributed by atoms with van der Waals surface area (Å²) < 4.78 is 0. The lowest BCUT2D eigenvalue weighted by Gasteiger charge is -2.22. The highest BCUT2D eigenvalue weighted by Gasteiger charge is 2.31. The van der Waals surface area contributed by atoms with Gasteiger partial charge in [-0.15, -0.1) is 0 Å². The molecule has 3 nitrogen and oxygen atoms in total. The Morgan fingerprint density at radius 2 is 2.27 bits per heavy atom. The first-order valence-corrected chi connectivity index (χ1v) is 6.23. The summed E-state index contributed by atoms with van der Waals surface area (Å²) in [6.07, 6.45) is 3.66. The summed E-state index contributed by atoms with van der Waals surface area (Å²) in [6, 6.07) is 0.814. The van der Waals surface area contributed by atoms with Crippen LogP contribution in [0.15, 0.2) is 0 Å². The monoisotopic (exact) mass is 212 g/mol. The van der Waals surface area contributed by atoms with Crippen molar-refractivity contribution in [2.24, 2.45) is 5.92 Å². The van der Waals surface area contributed by atoms with Crippen LogP contribution in [0.3, 0.4) is 0 Å². The van der Waals surface area contributed by atoms with Gasteiger partial charge in [0.1, 0.15) is 0 Å². The van der Waals surface area contributed by atoms with E-state index in [0.717, 1.165) is 38.6 Å². The van der Waals surface area contributed by atoms with Gasteiger partial charge in [0, 0.05) is 25.7 Å². The number of nitrogens with zero attached hydrogens (tertiary/aromatic N) is 1. The van der Waals surface area contributed by atoms with Crippen molar-refractivity contribution in [3.8, 4) is 0 Å². The predicted octanol–water partition coefficient (Wildman–Crippen LogP) is 0.831. The van der Waals surface area contributed by atoms with Crippen molar-refractivity contribution in [1.29, 1.82) is 0 Å². The highest BCUT2D eigenvalue weighted by Crippen LogP contribution is 2.22. The summed E-state index contributed by atoms with van der Waals surface area (Å²) >= 11 is 0. The van der Waals surface area contributed by atoms with E-state index in [1.54, 1.807) is 0 Å². The van der Waals surface area contributed by atoms with Crippen molar-refractivity contribution >= 4 is 0 Å². The first-order valence-electron chi connectivity index (χ1n) is 6.23. The number of β-amino-alcohol motifs (C(OH)–C–C–N with tert-alkyl or cyclic N) is 1. The molecule has 0 bridgehead atoms. The lowest BCUT2D eigenvalue weighted by molar-refractivity contribution is 0.0670. The fourth-order valence-corrected chi connectivity index (χ4v) is 2.36. The van der Waals surface area contributed by atoms with Crippen LogP contribution in [0.2, 0.25) is 0 Å². The topological polar surface area (TPSA) is 35.5 Å². The van der Waals surface area contributed by atoms with E-state index in [1.807, 2.05) is 6.92 Å². The molecule has 1 saturated carbocycles. The maximum absolute atomic E-state index is 9.85. The van der Waals surface area contributed by atoms with Crippen LogP contribution in [0.25, 0.3) is 0 Å². The number of aliphatic hydroxyl groups is 1. The second kappa shape index (κ2) is 4.40. The Hall–Kier alpha value is -0.120. The average Bonchev–Trinajstić information content (AvgIpc) is 2.89. The zero-order chi connectivity index (χ0) is 10.9.